The van der Waals surface area contributed by atoms with Gasteiger partial charge in [-0.1, -0.05) is 0 Å². The van der Waals surface area contributed by atoms with E-state index in [0.29, 0.717) is 11.8 Å². The summed E-state index contributed by atoms with van der Waals surface area (Å²) in [5, 5.41) is 33.3. The Morgan fingerprint density at radius 2 is 1.63 bits per heavy atom. The molecule has 3 rings (SSSR count). The molecule has 1 saturated heterocycles. The summed E-state index contributed by atoms with van der Waals surface area (Å²) in [6.45, 7) is 0. The third kappa shape index (κ3) is 4.44. The number of non-ortho nitro benzene ring substituents is 2. The number of nitrogens with zero attached hydrogens (tertiary/aromatic N) is 3. The zero-order valence-corrected chi connectivity index (χ0v) is 16.2. The van der Waals surface area contributed by atoms with Crippen LogP contribution in [-0.2, 0) is 14.8 Å². The molecule has 0 radical (unpaired) electrons. The fraction of sp³-hybridized carbons (Fsp3) is 0. The highest BCUT2D eigenvalue weighted by Crippen LogP contribution is 2.31. The van der Waals surface area contributed by atoms with Crippen molar-refractivity contribution in [2.75, 3.05) is 0 Å². The first-order chi connectivity index (χ1) is 14.1. The Hall–Kier alpha value is -3.78. The number of aromatic hydroxyl groups is 1. The summed E-state index contributed by atoms with van der Waals surface area (Å²) in [6, 6.07) is 7.26. The second-order valence-electron chi connectivity index (χ2n) is 5.69. The normalized spacial score (nSPS) is 16.6. The van der Waals surface area contributed by atoms with Crippen LogP contribution in [0, 0.1) is 20.2 Å². The molecular formula is C16H10N4O8S2. The number of nitrogens with one attached hydrogen (secondary N) is 1. The van der Waals surface area contributed by atoms with E-state index in [9.17, 15) is 38.5 Å². The number of phenols is 1. The summed E-state index contributed by atoms with van der Waals surface area (Å²) in [5.41, 5.74) is -0.619. The first kappa shape index (κ1) is 20.9. The number of rotatable bonds is 5. The van der Waals surface area contributed by atoms with Crippen LogP contribution in [0.3, 0.4) is 0 Å². The highest BCUT2D eigenvalue weighted by Gasteiger charge is 2.27. The monoisotopic (exact) mass is 450 g/mol. The van der Waals surface area contributed by atoms with Crippen LogP contribution in [0.15, 0.2) is 56.7 Å². The minimum Gasteiger partial charge on any atom is -0.507 e. The van der Waals surface area contributed by atoms with Crippen molar-refractivity contribution in [3.05, 3.63) is 73.2 Å². The van der Waals surface area contributed by atoms with Gasteiger partial charge in [0.25, 0.3) is 27.3 Å². The Morgan fingerprint density at radius 3 is 2.23 bits per heavy atom. The van der Waals surface area contributed by atoms with E-state index in [1.165, 1.54) is 0 Å². The molecule has 2 aromatic rings. The van der Waals surface area contributed by atoms with Crippen molar-refractivity contribution in [1.82, 2.24) is 5.32 Å². The Balaban J connectivity index is 1.88. The second-order valence-corrected chi connectivity index (χ2v) is 8.32. The molecule has 154 valence electrons. The third-order valence-corrected chi connectivity index (χ3v) is 6.02. The second kappa shape index (κ2) is 7.92. The van der Waals surface area contributed by atoms with Crippen LogP contribution in [0.2, 0.25) is 0 Å². The van der Waals surface area contributed by atoms with Gasteiger partial charge in [0, 0.05) is 29.8 Å². The molecule has 14 heteroatoms. The number of hydrogen-bond acceptors (Lipinski definition) is 9. The van der Waals surface area contributed by atoms with E-state index in [1.54, 1.807) is 0 Å². The SMILES string of the molecule is O=C1NC(=NS(=O)(=O)c2ccc([N+](=O)[O-])cc2)S/C1=C/c1cc([N+](=O)[O-])ccc1O. The predicted octanol–water partition coefficient (Wildman–Crippen LogP) is 2.16. The number of carbonyl (C=O) groups is 1. The van der Waals surface area contributed by atoms with Crippen LogP contribution >= 0.6 is 11.8 Å². The molecule has 0 atom stereocenters. The third-order valence-electron chi connectivity index (χ3n) is 3.71. The van der Waals surface area contributed by atoms with Crippen LogP contribution in [-0.4, -0.2) is 34.4 Å². The molecule has 2 aromatic carbocycles. The first-order valence-corrected chi connectivity index (χ1v) is 10.1. The van der Waals surface area contributed by atoms with E-state index >= 15 is 0 Å². The van der Waals surface area contributed by atoms with Crippen LogP contribution in [0.5, 0.6) is 5.75 Å². The lowest BCUT2D eigenvalue weighted by Crippen LogP contribution is -2.20. The lowest BCUT2D eigenvalue weighted by molar-refractivity contribution is -0.385. The first-order valence-electron chi connectivity index (χ1n) is 7.84. The number of amides is 1. The molecule has 1 fully saturated rings. The molecule has 12 nitrogen and oxygen atoms in total. The van der Waals surface area contributed by atoms with Gasteiger partial charge in [0.2, 0.25) is 0 Å². The van der Waals surface area contributed by atoms with Gasteiger partial charge in [0.05, 0.1) is 19.6 Å². The Bertz CT molecular complexity index is 1240. The van der Waals surface area contributed by atoms with Crippen molar-refractivity contribution in [2.45, 2.75) is 4.90 Å². The summed E-state index contributed by atoms with van der Waals surface area (Å²) in [7, 11) is -4.27. The molecule has 2 N–H and O–H groups in total. The van der Waals surface area contributed by atoms with Crippen LogP contribution in [0.1, 0.15) is 5.56 Å². The van der Waals surface area contributed by atoms with Crippen LogP contribution in [0.25, 0.3) is 6.08 Å². The topological polar surface area (TPSA) is 182 Å². The molecule has 0 aliphatic carbocycles. The summed E-state index contributed by atoms with van der Waals surface area (Å²) in [4.78, 5) is 31.9. The van der Waals surface area contributed by atoms with E-state index in [4.69, 9.17) is 0 Å². The smallest absolute Gasteiger partial charge is 0.284 e. The van der Waals surface area contributed by atoms with Gasteiger partial charge in [-0.3, -0.25) is 30.3 Å². The van der Waals surface area contributed by atoms with Crippen molar-refractivity contribution in [2.24, 2.45) is 4.40 Å². The lowest BCUT2D eigenvalue weighted by atomic mass is 10.1. The lowest BCUT2D eigenvalue weighted by Gasteiger charge is -2.00. The molecule has 0 saturated carbocycles. The van der Waals surface area contributed by atoms with E-state index in [2.05, 4.69) is 9.71 Å². The maximum Gasteiger partial charge on any atom is 0.284 e. The van der Waals surface area contributed by atoms with Gasteiger partial charge in [-0.2, -0.15) is 8.42 Å². The quantitative estimate of drug-likeness (QED) is 0.391. The highest BCUT2D eigenvalue weighted by molar-refractivity contribution is 8.19. The van der Waals surface area contributed by atoms with E-state index in [-0.39, 0.29) is 37.7 Å². The Morgan fingerprint density at radius 1 is 1.03 bits per heavy atom. The van der Waals surface area contributed by atoms with Crippen molar-refractivity contribution in [3.8, 4) is 5.75 Å². The van der Waals surface area contributed by atoms with Crippen molar-refractivity contribution < 1.29 is 28.2 Å². The van der Waals surface area contributed by atoms with Gasteiger partial charge in [-0.25, -0.2) is 0 Å². The molecule has 0 spiro atoms. The maximum absolute atomic E-state index is 12.4. The van der Waals surface area contributed by atoms with E-state index in [1.807, 2.05) is 0 Å². The minimum atomic E-state index is -4.27. The molecule has 0 bridgehead atoms. The van der Waals surface area contributed by atoms with Crippen LogP contribution < -0.4 is 5.32 Å². The van der Waals surface area contributed by atoms with Crippen molar-refractivity contribution in [1.29, 1.82) is 0 Å². The number of sulfonamides is 1. The molecule has 1 aliphatic rings. The number of phenolic OH excluding ortho intramolecular Hbond substituents is 1. The zero-order chi connectivity index (χ0) is 22.1. The Labute approximate surface area is 172 Å². The van der Waals surface area contributed by atoms with Gasteiger partial charge < -0.3 is 5.11 Å². The summed E-state index contributed by atoms with van der Waals surface area (Å²) in [5.74, 6) is -1.03. The van der Waals surface area contributed by atoms with Crippen LogP contribution in [0.4, 0.5) is 11.4 Å². The predicted molar refractivity (Wildman–Crippen MR) is 106 cm³/mol. The number of benzene rings is 2. The summed E-state index contributed by atoms with van der Waals surface area (Å²) >= 11 is 0.648. The largest absolute Gasteiger partial charge is 0.507 e. The average molecular weight is 450 g/mol. The standard InChI is InChI=1S/C16H10N4O8S2/c21-13-6-3-11(20(25)26)7-9(13)8-14-15(22)17-16(29-14)18-30(27,28)12-4-1-10(2-5-12)19(23)24/h1-8,21H,(H,17,18,22)/b14-8+. The molecule has 0 unspecified atom stereocenters. The number of carbonyl (C=O) groups excluding carboxylic acids is 1. The number of hydrogen-bond donors (Lipinski definition) is 2. The molecule has 0 aromatic heterocycles. The average Bonchev–Trinajstić information content (AvgIpc) is 3.01. The van der Waals surface area contributed by atoms with Crippen molar-refractivity contribution >= 4 is 50.3 Å². The van der Waals surface area contributed by atoms with E-state index in [0.717, 1.165) is 48.5 Å². The molecule has 1 aliphatic heterocycles. The van der Waals surface area contributed by atoms with Gasteiger partial charge in [0.15, 0.2) is 5.17 Å². The van der Waals surface area contributed by atoms with Gasteiger partial charge in [0.1, 0.15) is 5.75 Å². The number of nitro groups is 2. The number of amidine groups is 1. The fourth-order valence-corrected chi connectivity index (χ4v) is 4.26. The molecule has 30 heavy (non-hydrogen) atoms. The van der Waals surface area contributed by atoms with Gasteiger partial charge in [-0.05, 0) is 36.0 Å². The summed E-state index contributed by atoms with van der Waals surface area (Å²) < 4.78 is 28.2. The minimum absolute atomic E-state index is 0.0127. The van der Waals surface area contributed by atoms with Gasteiger partial charge in [-0.15, -0.1) is 4.40 Å². The van der Waals surface area contributed by atoms with Gasteiger partial charge >= 0.3 is 0 Å². The fourth-order valence-electron chi connectivity index (χ4n) is 2.29. The molecule has 1 amide bonds. The molecule has 1 heterocycles. The van der Waals surface area contributed by atoms with Crippen molar-refractivity contribution in [3.63, 3.8) is 0 Å². The van der Waals surface area contributed by atoms with E-state index < -0.39 is 25.8 Å². The number of nitro benzene ring substituents is 2. The highest BCUT2D eigenvalue weighted by atomic mass is 32.2. The Kier molecular flexibility index (Phi) is 5.53. The number of thioether (sulfide) groups is 1. The zero-order valence-electron chi connectivity index (χ0n) is 14.6. The summed E-state index contributed by atoms with van der Waals surface area (Å²) in [6.07, 6.45) is 1.16. The maximum atomic E-state index is 12.4. The molecular weight excluding hydrogens is 440 g/mol.